The van der Waals surface area contributed by atoms with Crippen LogP contribution in [-0.4, -0.2) is 40.1 Å². The largest absolute Gasteiger partial charge is 0.364 e. The fourth-order valence-electron chi connectivity index (χ4n) is 2.74. The van der Waals surface area contributed by atoms with Crippen LogP contribution >= 0.6 is 0 Å². The van der Waals surface area contributed by atoms with Gasteiger partial charge in [0.05, 0.1) is 0 Å². The standard InChI is InChI=1S/C14H22N4O/c1-11(17-7-2-3-8-17)10-16-13-14(19)18(9-6-15-13)12-4-5-12/h6,9,11-12H,2-5,7-8,10H2,1H3,(H,15,16). The summed E-state index contributed by atoms with van der Waals surface area (Å²) in [5.74, 6) is 0.500. The molecule has 1 unspecified atom stereocenters. The van der Waals surface area contributed by atoms with Crippen molar-refractivity contribution >= 4 is 5.82 Å². The van der Waals surface area contributed by atoms with Crippen molar-refractivity contribution in [2.24, 2.45) is 0 Å². The van der Waals surface area contributed by atoms with Crippen LogP contribution in [0, 0.1) is 0 Å². The molecular weight excluding hydrogens is 240 g/mol. The third kappa shape index (κ3) is 2.81. The van der Waals surface area contributed by atoms with Crippen molar-refractivity contribution < 1.29 is 0 Å². The maximum atomic E-state index is 12.2. The molecule has 5 nitrogen and oxygen atoms in total. The molecule has 2 fully saturated rings. The molecule has 1 saturated carbocycles. The summed E-state index contributed by atoms with van der Waals surface area (Å²) in [5.41, 5.74) is 0.0265. The molecule has 1 aromatic heterocycles. The number of rotatable bonds is 5. The van der Waals surface area contributed by atoms with Crippen molar-refractivity contribution in [3.8, 4) is 0 Å². The van der Waals surface area contributed by atoms with E-state index >= 15 is 0 Å². The Morgan fingerprint density at radius 2 is 2.16 bits per heavy atom. The molecular formula is C14H22N4O. The van der Waals surface area contributed by atoms with Crippen molar-refractivity contribution in [1.29, 1.82) is 0 Å². The van der Waals surface area contributed by atoms with E-state index in [4.69, 9.17) is 0 Å². The van der Waals surface area contributed by atoms with E-state index in [0.29, 0.717) is 17.9 Å². The SMILES string of the molecule is CC(CNc1nccn(C2CC2)c1=O)N1CCCC1. The van der Waals surface area contributed by atoms with Crippen molar-refractivity contribution in [1.82, 2.24) is 14.5 Å². The molecule has 0 bridgehead atoms. The van der Waals surface area contributed by atoms with E-state index in [0.717, 1.165) is 19.4 Å². The summed E-state index contributed by atoms with van der Waals surface area (Å²) < 4.78 is 1.82. The minimum atomic E-state index is 0.0265. The number of aromatic nitrogens is 2. The first kappa shape index (κ1) is 12.7. The molecule has 1 saturated heterocycles. The summed E-state index contributed by atoms with van der Waals surface area (Å²) in [6.07, 6.45) is 8.35. The Hall–Kier alpha value is -1.36. The summed E-state index contributed by atoms with van der Waals surface area (Å²) in [4.78, 5) is 18.9. The van der Waals surface area contributed by atoms with Crippen LogP contribution in [0.1, 0.15) is 38.6 Å². The zero-order chi connectivity index (χ0) is 13.2. The molecule has 19 heavy (non-hydrogen) atoms. The van der Waals surface area contributed by atoms with Gasteiger partial charge in [-0.25, -0.2) is 4.98 Å². The van der Waals surface area contributed by atoms with Gasteiger partial charge in [0.1, 0.15) is 0 Å². The molecule has 1 aliphatic heterocycles. The minimum absolute atomic E-state index is 0.0265. The highest BCUT2D eigenvalue weighted by Gasteiger charge is 2.25. The minimum Gasteiger partial charge on any atom is -0.364 e. The smallest absolute Gasteiger partial charge is 0.293 e. The number of hydrogen-bond acceptors (Lipinski definition) is 4. The predicted molar refractivity (Wildman–Crippen MR) is 75.5 cm³/mol. The topological polar surface area (TPSA) is 50.2 Å². The summed E-state index contributed by atoms with van der Waals surface area (Å²) in [6.45, 7) is 5.35. The monoisotopic (exact) mass is 262 g/mol. The van der Waals surface area contributed by atoms with Gasteiger partial charge in [-0.3, -0.25) is 9.69 Å². The number of nitrogens with zero attached hydrogens (tertiary/aromatic N) is 3. The van der Waals surface area contributed by atoms with E-state index < -0.39 is 0 Å². The third-order valence-corrected chi connectivity index (χ3v) is 4.14. The number of nitrogens with one attached hydrogen (secondary N) is 1. The number of anilines is 1. The lowest BCUT2D eigenvalue weighted by atomic mass is 10.3. The van der Waals surface area contributed by atoms with Gasteiger partial charge < -0.3 is 9.88 Å². The van der Waals surface area contributed by atoms with E-state index in [1.165, 1.54) is 25.9 Å². The Labute approximate surface area is 113 Å². The van der Waals surface area contributed by atoms with E-state index in [1.807, 2.05) is 4.57 Å². The summed E-state index contributed by atoms with van der Waals surface area (Å²) >= 11 is 0. The third-order valence-electron chi connectivity index (χ3n) is 4.14. The normalized spacial score (nSPS) is 21.5. The van der Waals surface area contributed by atoms with E-state index in [-0.39, 0.29) is 5.56 Å². The van der Waals surface area contributed by atoms with Gasteiger partial charge in [-0.2, -0.15) is 0 Å². The second kappa shape index (κ2) is 5.33. The first-order valence-electron chi connectivity index (χ1n) is 7.31. The molecule has 0 spiro atoms. The first-order valence-corrected chi connectivity index (χ1v) is 7.31. The van der Waals surface area contributed by atoms with Gasteiger partial charge in [-0.15, -0.1) is 0 Å². The number of likely N-dealkylation sites (tertiary alicyclic amines) is 1. The lowest BCUT2D eigenvalue weighted by molar-refractivity contribution is 0.269. The highest BCUT2D eigenvalue weighted by Crippen LogP contribution is 2.33. The van der Waals surface area contributed by atoms with E-state index in [9.17, 15) is 4.79 Å². The fraction of sp³-hybridized carbons (Fsp3) is 0.714. The van der Waals surface area contributed by atoms with Gasteiger partial charge in [-0.1, -0.05) is 0 Å². The van der Waals surface area contributed by atoms with Crippen LogP contribution in [0.5, 0.6) is 0 Å². The van der Waals surface area contributed by atoms with Crippen LogP contribution < -0.4 is 10.9 Å². The lowest BCUT2D eigenvalue weighted by Crippen LogP contribution is -2.37. The van der Waals surface area contributed by atoms with Crippen LogP contribution in [-0.2, 0) is 0 Å². The van der Waals surface area contributed by atoms with E-state index in [2.05, 4.69) is 22.1 Å². The molecule has 1 aliphatic carbocycles. The van der Waals surface area contributed by atoms with Gasteiger partial charge in [0.2, 0.25) is 0 Å². The van der Waals surface area contributed by atoms with Crippen LogP contribution in [0.3, 0.4) is 0 Å². The molecule has 3 rings (SSSR count). The van der Waals surface area contributed by atoms with Crippen LogP contribution in [0.15, 0.2) is 17.2 Å². The van der Waals surface area contributed by atoms with Crippen molar-refractivity contribution in [2.75, 3.05) is 25.0 Å². The average Bonchev–Trinajstić information content (AvgIpc) is 3.11. The van der Waals surface area contributed by atoms with Crippen LogP contribution in [0.25, 0.3) is 0 Å². The molecule has 104 valence electrons. The van der Waals surface area contributed by atoms with E-state index in [1.54, 1.807) is 12.4 Å². The summed E-state index contributed by atoms with van der Waals surface area (Å²) in [6, 6.07) is 0.866. The quantitative estimate of drug-likeness (QED) is 0.873. The van der Waals surface area contributed by atoms with Gasteiger partial charge in [0, 0.05) is 31.0 Å². The Bertz CT molecular complexity index is 488. The Balaban J connectivity index is 1.63. The Kier molecular flexibility index (Phi) is 3.55. The molecule has 0 aromatic carbocycles. The fourth-order valence-corrected chi connectivity index (χ4v) is 2.74. The molecule has 1 atom stereocenters. The molecule has 0 radical (unpaired) electrons. The highest BCUT2D eigenvalue weighted by atomic mass is 16.1. The summed E-state index contributed by atoms with van der Waals surface area (Å²) in [7, 11) is 0. The van der Waals surface area contributed by atoms with Gasteiger partial charge in [-0.05, 0) is 45.7 Å². The van der Waals surface area contributed by atoms with Crippen molar-refractivity contribution in [3.63, 3.8) is 0 Å². The second-order valence-corrected chi connectivity index (χ2v) is 5.69. The zero-order valence-electron chi connectivity index (χ0n) is 11.5. The second-order valence-electron chi connectivity index (χ2n) is 5.69. The lowest BCUT2D eigenvalue weighted by Gasteiger charge is -2.23. The maximum absolute atomic E-state index is 12.2. The molecule has 5 heteroatoms. The van der Waals surface area contributed by atoms with Crippen LogP contribution in [0.4, 0.5) is 5.82 Å². The predicted octanol–water partition coefficient (Wildman–Crippen LogP) is 1.47. The molecule has 1 aromatic rings. The highest BCUT2D eigenvalue weighted by molar-refractivity contribution is 5.31. The zero-order valence-corrected chi connectivity index (χ0v) is 11.5. The average molecular weight is 262 g/mol. The van der Waals surface area contributed by atoms with Crippen LogP contribution in [0.2, 0.25) is 0 Å². The van der Waals surface area contributed by atoms with Crippen molar-refractivity contribution in [3.05, 3.63) is 22.7 Å². The number of hydrogen-bond donors (Lipinski definition) is 1. The Morgan fingerprint density at radius 1 is 1.42 bits per heavy atom. The maximum Gasteiger partial charge on any atom is 0.293 e. The van der Waals surface area contributed by atoms with Crippen molar-refractivity contribution in [2.45, 2.75) is 44.7 Å². The first-order chi connectivity index (χ1) is 9.25. The van der Waals surface area contributed by atoms with Gasteiger partial charge in [0.15, 0.2) is 5.82 Å². The molecule has 2 aliphatic rings. The Morgan fingerprint density at radius 3 is 2.84 bits per heavy atom. The summed E-state index contributed by atoms with van der Waals surface area (Å²) in [5, 5.41) is 3.23. The molecule has 0 amide bonds. The molecule has 2 heterocycles. The van der Waals surface area contributed by atoms with Gasteiger partial charge in [0.25, 0.3) is 5.56 Å². The molecule has 1 N–H and O–H groups in total. The van der Waals surface area contributed by atoms with Gasteiger partial charge >= 0.3 is 0 Å².